The van der Waals surface area contributed by atoms with E-state index < -0.39 is 14.6 Å². The fraction of sp³-hybridized carbons (Fsp3) is 0.273. The molecule has 0 saturated heterocycles. The van der Waals surface area contributed by atoms with Crippen molar-refractivity contribution in [1.29, 1.82) is 0 Å². The van der Waals surface area contributed by atoms with Crippen LogP contribution in [0.1, 0.15) is 0 Å². The van der Waals surface area contributed by atoms with Crippen LogP contribution in [-0.4, -0.2) is 24.2 Å². The van der Waals surface area contributed by atoms with E-state index in [1.807, 2.05) is 0 Å². The molecule has 0 aliphatic rings. The van der Waals surface area contributed by atoms with E-state index in [2.05, 4.69) is 0 Å². The summed E-state index contributed by atoms with van der Waals surface area (Å²) in [6.45, 7) is 0.0388. The van der Waals surface area contributed by atoms with Gasteiger partial charge in [-0.3, -0.25) is 0 Å². The van der Waals surface area contributed by atoms with Gasteiger partial charge in [0.05, 0.1) is 0 Å². The van der Waals surface area contributed by atoms with Crippen LogP contribution in [0.15, 0.2) is 35.4 Å². The van der Waals surface area contributed by atoms with Crippen molar-refractivity contribution in [3.63, 3.8) is 0 Å². The number of aromatic nitrogens is 1. The normalized spacial score (nSPS) is 13.0. The highest BCUT2D eigenvalue weighted by Crippen LogP contribution is 2.32. The van der Waals surface area contributed by atoms with Crippen molar-refractivity contribution >= 4 is 42.4 Å². The van der Waals surface area contributed by atoms with Gasteiger partial charge in [0.25, 0.3) is 9.05 Å². The molecule has 2 rings (SSSR count). The highest BCUT2D eigenvalue weighted by Gasteiger charge is 2.27. The van der Waals surface area contributed by atoms with Crippen molar-refractivity contribution in [2.75, 3.05) is 5.75 Å². The number of halogens is 4. The topological polar surface area (TPSA) is 39.1 Å². The number of aryl methyl sites for hydroxylation is 1. The average Bonchev–Trinajstić information content (AvgIpc) is 2.67. The van der Waals surface area contributed by atoms with Crippen molar-refractivity contribution < 1.29 is 21.6 Å². The predicted octanol–water partition coefficient (Wildman–Crippen LogP) is 3.82. The molecule has 1 aromatic carbocycles. The summed E-state index contributed by atoms with van der Waals surface area (Å²) >= 11 is -0.150. The van der Waals surface area contributed by atoms with Crippen LogP contribution in [0.5, 0.6) is 0 Å². The highest BCUT2D eigenvalue weighted by atomic mass is 35.7. The molecule has 0 atom stereocenters. The second kappa shape index (κ2) is 5.50. The summed E-state index contributed by atoms with van der Waals surface area (Å²) in [5.74, 6) is -0.204. The Balaban J connectivity index is 2.35. The molecule has 0 amide bonds. The van der Waals surface area contributed by atoms with Gasteiger partial charge in [0.15, 0.2) is 0 Å². The number of hydrogen-bond acceptors (Lipinski definition) is 3. The summed E-state index contributed by atoms with van der Waals surface area (Å²) in [5.41, 5.74) is -3.76. The van der Waals surface area contributed by atoms with Gasteiger partial charge in [-0.15, -0.1) is 0 Å². The lowest BCUT2D eigenvalue weighted by Crippen LogP contribution is -2.06. The maximum Gasteiger partial charge on any atom is 0.441 e. The van der Waals surface area contributed by atoms with E-state index in [1.54, 1.807) is 24.3 Å². The minimum Gasteiger partial charge on any atom is -0.345 e. The van der Waals surface area contributed by atoms with E-state index in [0.29, 0.717) is 10.9 Å². The standard InChI is InChI=1S/C11H9ClF3NO2S2/c12-20(17,18)10-7-16(5-6-19-11(13,14)15)9-4-2-1-3-8(9)10/h1-4,7H,5-6H2. The third-order valence-corrected chi connectivity index (χ3v) is 4.68. The molecule has 0 spiro atoms. The molecule has 110 valence electrons. The fourth-order valence-corrected chi connectivity index (χ4v) is 3.43. The Bertz CT molecular complexity index is 725. The summed E-state index contributed by atoms with van der Waals surface area (Å²) in [7, 11) is 1.39. The van der Waals surface area contributed by atoms with Gasteiger partial charge in [-0.25, -0.2) is 8.42 Å². The zero-order chi connectivity index (χ0) is 15.0. The third kappa shape index (κ3) is 3.62. The van der Waals surface area contributed by atoms with Crippen LogP contribution in [0.2, 0.25) is 0 Å². The van der Waals surface area contributed by atoms with Crippen LogP contribution in [0.3, 0.4) is 0 Å². The monoisotopic (exact) mass is 343 g/mol. The van der Waals surface area contributed by atoms with Gasteiger partial charge in [0, 0.05) is 40.1 Å². The maximum absolute atomic E-state index is 12.1. The van der Waals surface area contributed by atoms with Crippen LogP contribution in [0, 0.1) is 0 Å². The number of nitrogens with zero attached hydrogens (tertiary/aromatic N) is 1. The van der Waals surface area contributed by atoms with E-state index in [-0.39, 0.29) is 29.0 Å². The first-order chi connectivity index (χ1) is 9.18. The van der Waals surface area contributed by atoms with Crippen molar-refractivity contribution in [1.82, 2.24) is 4.57 Å². The third-order valence-electron chi connectivity index (χ3n) is 2.61. The average molecular weight is 344 g/mol. The van der Waals surface area contributed by atoms with Crippen molar-refractivity contribution in [3.8, 4) is 0 Å². The molecule has 0 N–H and O–H groups in total. The minimum absolute atomic E-state index is 0.0388. The molecule has 0 radical (unpaired) electrons. The lowest BCUT2D eigenvalue weighted by Gasteiger charge is -2.07. The quantitative estimate of drug-likeness (QED) is 0.792. The molecule has 0 aliphatic heterocycles. The lowest BCUT2D eigenvalue weighted by atomic mass is 10.2. The SMILES string of the molecule is O=S(=O)(Cl)c1cn(CCSC(F)(F)F)c2ccccc12. The van der Waals surface area contributed by atoms with E-state index in [9.17, 15) is 21.6 Å². The number of hydrogen-bond donors (Lipinski definition) is 0. The van der Waals surface area contributed by atoms with Crippen molar-refractivity contribution in [2.24, 2.45) is 0 Å². The first-order valence-corrected chi connectivity index (χ1v) is 8.71. The molecule has 0 aliphatic carbocycles. The summed E-state index contributed by atoms with van der Waals surface area (Å²) in [4.78, 5) is -0.0909. The summed E-state index contributed by atoms with van der Waals surface area (Å²) < 4.78 is 60.7. The maximum atomic E-state index is 12.1. The molecular weight excluding hydrogens is 335 g/mol. The Morgan fingerprint density at radius 3 is 2.50 bits per heavy atom. The Kier molecular flexibility index (Phi) is 4.27. The lowest BCUT2D eigenvalue weighted by molar-refractivity contribution is -0.0328. The van der Waals surface area contributed by atoms with Gasteiger partial charge in [0.1, 0.15) is 4.90 Å². The van der Waals surface area contributed by atoms with Gasteiger partial charge >= 0.3 is 5.51 Å². The van der Waals surface area contributed by atoms with E-state index >= 15 is 0 Å². The Hall–Kier alpha value is -0.860. The molecule has 0 bridgehead atoms. The molecule has 0 unspecified atom stereocenters. The number of benzene rings is 1. The van der Waals surface area contributed by atoms with Gasteiger partial charge in [-0.2, -0.15) is 13.2 Å². The van der Waals surface area contributed by atoms with Crippen molar-refractivity contribution in [2.45, 2.75) is 16.9 Å². The van der Waals surface area contributed by atoms with Crippen LogP contribution in [0.25, 0.3) is 10.9 Å². The number of alkyl halides is 3. The van der Waals surface area contributed by atoms with Crippen LogP contribution >= 0.6 is 22.4 Å². The van der Waals surface area contributed by atoms with Gasteiger partial charge in [-0.1, -0.05) is 18.2 Å². The molecule has 1 aromatic heterocycles. The zero-order valence-electron chi connectivity index (χ0n) is 9.89. The Labute approximate surface area is 122 Å². The first-order valence-electron chi connectivity index (χ1n) is 5.42. The predicted molar refractivity (Wildman–Crippen MR) is 73.5 cm³/mol. The molecular formula is C11H9ClF3NO2S2. The van der Waals surface area contributed by atoms with Crippen molar-refractivity contribution in [3.05, 3.63) is 30.5 Å². The molecule has 3 nitrogen and oxygen atoms in total. The Morgan fingerprint density at radius 1 is 1.25 bits per heavy atom. The largest absolute Gasteiger partial charge is 0.441 e. The number of fused-ring (bicyclic) bond motifs is 1. The molecule has 2 aromatic rings. The van der Waals surface area contributed by atoms with E-state index in [0.717, 1.165) is 0 Å². The summed E-state index contributed by atoms with van der Waals surface area (Å²) in [6.07, 6.45) is 1.27. The molecule has 9 heteroatoms. The van der Waals surface area contributed by atoms with Gasteiger partial charge < -0.3 is 4.57 Å². The second-order valence-electron chi connectivity index (χ2n) is 3.94. The molecule has 0 saturated carbocycles. The molecule has 0 fully saturated rings. The Morgan fingerprint density at radius 2 is 1.90 bits per heavy atom. The van der Waals surface area contributed by atoms with E-state index in [1.165, 1.54) is 10.8 Å². The van der Waals surface area contributed by atoms with Crippen LogP contribution in [-0.2, 0) is 15.6 Å². The smallest absolute Gasteiger partial charge is 0.345 e. The van der Waals surface area contributed by atoms with E-state index in [4.69, 9.17) is 10.7 Å². The number of para-hydroxylation sites is 1. The number of thioether (sulfide) groups is 1. The zero-order valence-corrected chi connectivity index (χ0v) is 12.3. The summed E-state index contributed by atoms with van der Waals surface area (Å²) in [5, 5.41) is 0.402. The van der Waals surface area contributed by atoms with Gasteiger partial charge in [-0.05, 0) is 17.8 Å². The highest BCUT2D eigenvalue weighted by molar-refractivity contribution is 8.14. The molecule has 1 heterocycles. The van der Waals surface area contributed by atoms with Gasteiger partial charge in [0.2, 0.25) is 0 Å². The summed E-state index contributed by atoms with van der Waals surface area (Å²) in [6, 6.07) is 6.53. The number of rotatable bonds is 4. The molecule has 20 heavy (non-hydrogen) atoms. The van der Waals surface area contributed by atoms with Crippen LogP contribution in [0.4, 0.5) is 13.2 Å². The second-order valence-corrected chi connectivity index (χ2v) is 7.63. The first kappa shape index (κ1) is 15.5. The van der Waals surface area contributed by atoms with Crippen LogP contribution < -0.4 is 0 Å². The fourth-order valence-electron chi connectivity index (χ4n) is 1.85. The minimum atomic E-state index is -4.30.